The molecule has 0 fully saturated rings. The third kappa shape index (κ3) is 2.34. The Kier molecular flexibility index (Phi) is 3.53. The fourth-order valence-electron chi connectivity index (χ4n) is 3.07. The summed E-state index contributed by atoms with van der Waals surface area (Å²) < 4.78 is 5.91. The number of rotatable bonds is 4. The van der Waals surface area contributed by atoms with Gasteiger partial charge in [-0.1, -0.05) is 18.2 Å². The van der Waals surface area contributed by atoms with Gasteiger partial charge in [-0.15, -0.1) is 0 Å². The first-order valence-electron chi connectivity index (χ1n) is 7.26. The molecule has 1 aliphatic heterocycles. The summed E-state index contributed by atoms with van der Waals surface area (Å²) in [5.41, 5.74) is 4.05. The maximum atomic E-state index is 5.91. The van der Waals surface area contributed by atoms with E-state index in [4.69, 9.17) is 4.42 Å². The van der Waals surface area contributed by atoms with Crippen molar-refractivity contribution in [3.05, 3.63) is 53.0 Å². The fraction of sp³-hybridized carbons (Fsp3) is 0.412. The molecule has 0 aliphatic carbocycles. The van der Waals surface area contributed by atoms with Gasteiger partial charge in [-0.3, -0.25) is 0 Å². The second kappa shape index (κ2) is 5.33. The van der Waals surface area contributed by atoms with Gasteiger partial charge in [0, 0.05) is 23.8 Å². The van der Waals surface area contributed by atoms with Crippen LogP contribution >= 0.6 is 0 Å². The van der Waals surface area contributed by atoms with Gasteiger partial charge in [-0.05, 0) is 45.0 Å². The van der Waals surface area contributed by atoms with Gasteiger partial charge in [0.15, 0.2) is 0 Å². The quantitative estimate of drug-likeness (QED) is 0.924. The lowest BCUT2D eigenvalue weighted by Gasteiger charge is -2.23. The SMILES string of the molecule is CNCc1cc(CN2c3ccccc3CC2C)oc1C. The van der Waals surface area contributed by atoms with Gasteiger partial charge in [-0.25, -0.2) is 0 Å². The number of nitrogens with one attached hydrogen (secondary N) is 1. The van der Waals surface area contributed by atoms with Crippen molar-refractivity contribution in [3.8, 4) is 0 Å². The van der Waals surface area contributed by atoms with Crippen molar-refractivity contribution >= 4 is 5.69 Å². The first-order valence-corrected chi connectivity index (χ1v) is 7.26. The molecule has 3 rings (SSSR count). The molecule has 3 nitrogen and oxygen atoms in total. The minimum atomic E-state index is 0.533. The van der Waals surface area contributed by atoms with Crippen molar-refractivity contribution < 1.29 is 4.42 Å². The lowest BCUT2D eigenvalue weighted by Crippen LogP contribution is -2.28. The number of anilines is 1. The van der Waals surface area contributed by atoms with E-state index in [-0.39, 0.29) is 0 Å². The Hall–Kier alpha value is -1.74. The summed E-state index contributed by atoms with van der Waals surface area (Å²) >= 11 is 0. The number of hydrogen-bond donors (Lipinski definition) is 1. The largest absolute Gasteiger partial charge is 0.464 e. The normalized spacial score (nSPS) is 17.6. The molecule has 106 valence electrons. The molecule has 1 N–H and O–H groups in total. The van der Waals surface area contributed by atoms with Crippen molar-refractivity contribution in [2.75, 3.05) is 11.9 Å². The molecular weight excluding hydrogens is 248 g/mol. The van der Waals surface area contributed by atoms with Crippen LogP contribution in [0.1, 0.15) is 29.6 Å². The Morgan fingerprint density at radius 3 is 2.95 bits per heavy atom. The topological polar surface area (TPSA) is 28.4 Å². The van der Waals surface area contributed by atoms with Crippen molar-refractivity contribution in [1.29, 1.82) is 0 Å². The maximum Gasteiger partial charge on any atom is 0.123 e. The Morgan fingerprint density at radius 2 is 2.15 bits per heavy atom. The molecule has 0 radical (unpaired) electrons. The summed E-state index contributed by atoms with van der Waals surface area (Å²) in [6.07, 6.45) is 1.12. The molecule has 2 aromatic rings. The standard InChI is InChI=1S/C17H22N2O/c1-12-8-14-6-4-5-7-17(14)19(12)11-16-9-15(10-18-3)13(2)20-16/h4-7,9,12,18H,8,10-11H2,1-3H3. The Balaban J connectivity index is 1.83. The van der Waals surface area contributed by atoms with E-state index in [1.54, 1.807) is 0 Å². The minimum absolute atomic E-state index is 0.533. The number of furan rings is 1. The Bertz CT molecular complexity index is 603. The molecule has 0 saturated carbocycles. The highest BCUT2D eigenvalue weighted by molar-refractivity contribution is 5.59. The van der Waals surface area contributed by atoms with Crippen LogP contribution in [0.3, 0.4) is 0 Å². The minimum Gasteiger partial charge on any atom is -0.464 e. The summed E-state index contributed by atoms with van der Waals surface area (Å²) in [6, 6.07) is 11.4. The average molecular weight is 270 g/mol. The van der Waals surface area contributed by atoms with Crippen molar-refractivity contribution in [2.45, 2.75) is 39.4 Å². The van der Waals surface area contributed by atoms with E-state index in [1.807, 2.05) is 14.0 Å². The van der Waals surface area contributed by atoms with Gasteiger partial charge in [0.25, 0.3) is 0 Å². The summed E-state index contributed by atoms with van der Waals surface area (Å²) in [5, 5.41) is 3.18. The number of aryl methyl sites for hydroxylation is 1. The highest BCUT2D eigenvalue weighted by Gasteiger charge is 2.26. The molecule has 3 heteroatoms. The van der Waals surface area contributed by atoms with E-state index in [9.17, 15) is 0 Å². The fourth-order valence-corrected chi connectivity index (χ4v) is 3.07. The van der Waals surface area contributed by atoms with Crippen molar-refractivity contribution in [3.63, 3.8) is 0 Å². The van der Waals surface area contributed by atoms with Gasteiger partial charge < -0.3 is 14.6 Å². The lowest BCUT2D eigenvalue weighted by atomic mass is 10.1. The molecule has 1 atom stereocenters. The molecule has 0 saturated heterocycles. The number of fused-ring (bicyclic) bond motifs is 1. The second-order valence-electron chi connectivity index (χ2n) is 5.63. The van der Waals surface area contributed by atoms with Crippen LogP contribution in [0.5, 0.6) is 0 Å². The van der Waals surface area contributed by atoms with Crippen LogP contribution in [0.2, 0.25) is 0 Å². The van der Waals surface area contributed by atoms with Crippen LogP contribution in [0.15, 0.2) is 34.7 Å². The van der Waals surface area contributed by atoms with Crippen LogP contribution < -0.4 is 10.2 Å². The summed E-state index contributed by atoms with van der Waals surface area (Å²) in [6.45, 7) is 6.03. The summed E-state index contributed by atoms with van der Waals surface area (Å²) in [7, 11) is 1.96. The lowest BCUT2D eigenvalue weighted by molar-refractivity contribution is 0.468. The number of hydrogen-bond acceptors (Lipinski definition) is 3. The second-order valence-corrected chi connectivity index (χ2v) is 5.63. The number of para-hydroxylation sites is 1. The van der Waals surface area contributed by atoms with Crippen LogP contribution in [-0.4, -0.2) is 13.1 Å². The first-order chi connectivity index (χ1) is 9.69. The molecule has 1 aliphatic rings. The van der Waals surface area contributed by atoms with Gasteiger partial charge in [-0.2, -0.15) is 0 Å². The summed E-state index contributed by atoms with van der Waals surface area (Å²) in [5.74, 6) is 2.07. The van der Waals surface area contributed by atoms with Crippen LogP contribution in [-0.2, 0) is 19.5 Å². The third-order valence-electron chi connectivity index (χ3n) is 4.11. The monoisotopic (exact) mass is 270 g/mol. The van der Waals surface area contributed by atoms with Crippen molar-refractivity contribution in [1.82, 2.24) is 5.32 Å². The molecular formula is C17H22N2O. The highest BCUT2D eigenvalue weighted by Crippen LogP contribution is 2.33. The van der Waals surface area contributed by atoms with Gasteiger partial charge in [0.1, 0.15) is 11.5 Å². The molecule has 1 aromatic carbocycles. The molecule has 2 heterocycles. The predicted molar refractivity (Wildman–Crippen MR) is 82.0 cm³/mol. The Labute approximate surface area is 120 Å². The van der Waals surface area contributed by atoms with E-state index in [1.165, 1.54) is 16.8 Å². The van der Waals surface area contributed by atoms with Crippen LogP contribution in [0, 0.1) is 6.92 Å². The Morgan fingerprint density at radius 1 is 1.35 bits per heavy atom. The molecule has 0 spiro atoms. The number of benzene rings is 1. The van der Waals surface area contributed by atoms with Gasteiger partial charge >= 0.3 is 0 Å². The number of nitrogens with zero attached hydrogens (tertiary/aromatic N) is 1. The maximum absolute atomic E-state index is 5.91. The van der Waals surface area contributed by atoms with Crippen LogP contribution in [0.25, 0.3) is 0 Å². The summed E-state index contributed by atoms with van der Waals surface area (Å²) in [4.78, 5) is 2.44. The average Bonchev–Trinajstić information content (AvgIpc) is 2.92. The van der Waals surface area contributed by atoms with E-state index in [0.717, 1.165) is 31.0 Å². The van der Waals surface area contributed by atoms with Gasteiger partial charge in [0.05, 0.1) is 6.54 Å². The molecule has 20 heavy (non-hydrogen) atoms. The zero-order valence-electron chi connectivity index (χ0n) is 12.4. The molecule has 0 bridgehead atoms. The highest BCUT2D eigenvalue weighted by atomic mass is 16.3. The smallest absolute Gasteiger partial charge is 0.123 e. The third-order valence-corrected chi connectivity index (χ3v) is 4.11. The van der Waals surface area contributed by atoms with E-state index >= 15 is 0 Å². The van der Waals surface area contributed by atoms with E-state index in [0.29, 0.717) is 6.04 Å². The first kappa shape index (κ1) is 13.3. The van der Waals surface area contributed by atoms with Crippen LogP contribution in [0.4, 0.5) is 5.69 Å². The van der Waals surface area contributed by atoms with Crippen molar-refractivity contribution in [2.24, 2.45) is 0 Å². The van der Waals surface area contributed by atoms with E-state index in [2.05, 4.69) is 47.5 Å². The van der Waals surface area contributed by atoms with Gasteiger partial charge in [0.2, 0.25) is 0 Å². The van der Waals surface area contributed by atoms with E-state index < -0.39 is 0 Å². The zero-order valence-corrected chi connectivity index (χ0v) is 12.4. The zero-order chi connectivity index (χ0) is 14.1. The molecule has 0 amide bonds. The predicted octanol–water partition coefficient (Wildman–Crippen LogP) is 3.26. The molecule has 1 aromatic heterocycles. The molecule has 1 unspecified atom stereocenters.